The van der Waals surface area contributed by atoms with Crippen molar-refractivity contribution in [3.05, 3.63) is 59.7 Å². The van der Waals surface area contributed by atoms with Gasteiger partial charge in [0.1, 0.15) is 0 Å². The van der Waals surface area contributed by atoms with Crippen molar-refractivity contribution in [1.82, 2.24) is 14.9 Å². The van der Waals surface area contributed by atoms with E-state index in [0.29, 0.717) is 5.92 Å². The van der Waals surface area contributed by atoms with Gasteiger partial charge in [-0.15, -0.1) is 0 Å². The maximum Gasteiger partial charge on any atom is 0.219 e. The Kier molecular flexibility index (Phi) is 4.47. The van der Waals surface area contributed by atoms with E-state index in [9.17, 15) is 4.79 Å². The Morgan fingerprint density at radius 1 is 1.23 bits per heavy atom. The molecule has 0 radical (unpaired) electrons. The van der Waals surface area contributed by atoms with E-state index >= 15 is 0 Å². The van der Waals surface area contributed by atoms with Crippen LogP contribution in [0.5, 0.6) is 0 Å². The van der Waals surface area contributed by atoms with Crippen LogP contribution in [0.15, 0.2) is 42.7 Å². The number of piperidine rings is 1. The summed E-state index contributed by atoms with van der Waals surface area (Å²) in [5.74, 6) is 0.447. The molecule has 0 saturated carbocycles. The second-order valence-corrected chi connectivity index (χ2v) is 5.85. The number of rotatable bonds is 3. The summed E-state index contributed by atoms with van der Waals surface area (Å²) in [5.41, 5.74) is 3.32. The van der Waals surface area contributed by atoms with Crippen LogP contribution in [0.1, 0.15) is 42.6 Å². The van der Waals surface area contributed by atoms with Crippen LogP contribution >= 0.6 is 0 Å². The number of amides is 1. The van der Waals surface area contributed by atoms with E-state index in [1.165, 1.54) is 5.56 Å². The zero-order chi connectivity index (χ0) is 15.4. The standard InChI is InChI=1S/C18H21N3O/c1-14(22)21-11-5-8-16(13-21)18-17(19-9-10-20-18)12-15-6-3-2-4-7-15/h2-4,6-7,9-10,16H,5,8,11-13H2,1H3/t16-/m1/s1. The van der Waals surface area contributed by atoms with Crippen LogP contribution in [0.4, 0.5) is 0 Å². The molecule has 2 heterocycles. The summed E-state index contributed by atoms with van der Waals surface area (Å²) < 4.78 is 0. The molecular weight excluding hydrogens is 274 g/mol. The lowest BCUT2D eigenvalue weighted by molar-refractivity contribution is -0.130. The minimum absolute atomic E-state index is 0.151. The van der Waals surface area contributed by atoms with Gasteiger partial charge in [-0.25, -0.2) is 0 Å². The molecule has 3 rings (SSSR count). The summed E-state index contributed by atoms with van der Waals surface area (Å²) in [7, 11) is 0. The van der Waals surface area contributed by atoms with Crippen LogP contribution in [0.25, 0.3) is 0 Å². The molecule has 1 aromatic carbocycles. The molecule has 4 nitrogen and oxygen atoms in total. The maximum atomic E-state index is 11.6. The highest BCUT2D eigenvalue weighted by Gasteiger charge is 2.26. The third-order valence-corrected chi connectivity index (χ3v) is 4.27. The van der Waals surface area contributed by atoms with Crippen LogP contribution in [-0.4, -0.2) is 33.9 Å². The van der Waals surface area contributed by atoms with Crippen molar-refractivity contribution in [2.45, 2.75) is 32.1 Å². The second kappa shape index (κ2) is 6.69. The summed E-state index contributed by atoms with van der Waals surface area (Å²) >= 11 is 0. The Balaban J connectivity index is 1.83. The highest BCUT2D eigenvalue weighted by Crippen LogP contribution is 2.28. The number of likely N-dealkylation sites (tertiary alicyclic amines) is 1. The predicted octanol–water partition coefficient (Wildman–Crippen LogP) is 2.79. The van der Waals surface area contributed by atoms with Gasteiger partial charge < -0.3 is 4.90 Å². The molecule has 1 amide bonds. The van der Waals surface area contributed by atoms with Gasteiger partial charge in [-0.3, -0.25) is 14.8 Å². The van der Waals surface area contributed by atoms with Crippen molar-refractivity contribution < 1.29 is 4.79 Å². The fourth-order valence-electron chi connectivity index (χ4n) is 3.13. The third kappa shape index (κ3) is 3.32. The second-order valence-electron chi connectivity index (χ2n) is 5.85. The molecule has 0 aliphatic carbocycles. The lowest BCUT2D eigenvalue weighted by atomic mass is 9.91. The van der Waals surface area contributed by atoms with Gasteiger partial charge in [-0.2, -0.15) is 0 Å². The van der Waals surface area contributed by atoms with Crippen molar-refractivity contribution in [2.75, 3.05) is 13.1 Å². The van der Waals surface area contributed by atoms with Crippen molar-refractivity contribution in [3.63, 3.8) is 0 Å². The molecule has 0 bridgehead atoms. The first-order chi connectivity index (χ1) is 10.7. The average Bonchev–Trinajstić information content (AvgIpc) is 2.56. The summed E-state index contributed by atoms with van der Waals surface area (Å²) in [6.07, 6.45) is 6.42. The van der Waals surface area contributed by atoms with Gasteiger partial charge in [0.2, 0.25) is 5.91 Å². The van der Waals surface area contributed by atoms with E-state index in [-0.39, 0.29) is 5.91 Å². The Morgan fingerprint density at radius 3 is 2.77 bits per heavy atom. The molecule has 1 atom stereocenters. The zero-order valence-electron chi connectivity index (χ0n) is 12.9. The predicted molar refractivity (Wildman–Crippen MR) is 85.5 cm³/mol. The first-order valence-electron chi connectivity index (χ1n) is 7.83. The molecule has 0 spiro atoms. The highest BCUT2D eigenvalue weighted by atomic mass is 16.2. The summed E-state index contributed by atoms with van der Waals surface area (Å²) in [4.78, 5) is 22.7. The Bertz CT molecular complexity index is 642. The number of carbonyl (C=O) groups excluding carboxylic acids is 1. The Labute approximate surface area is 131 Å². The third-order valence-electron chi connectivity index (χ3n) is 4.27. The van der Waals surface area contributed by atoms with Gasteiger partial charge in [-0.05, 0) is 18.4 Å². The number of benzene rings is 1. The molecular formula is C18H21N3O. The summed E-state index contributed by atoms with van der Waals surface area (Å²) in [6, 6.07) is 10.3. The quantitative estimate of drug-likeness (QED) is 0.874. The average molecular weight is 295 g/mol. The van der Waals surface area contributed by atoms with E-state index in [4.69, 9.17) is 0 Å². The molecule has 1 saturated heterocycles. The van der Waals surface area contributed by atoms with Crippen molar-refractivity contribution in [2.24, 2.45) is 0 Å². The summed E-state index contributed by atoms with van der Waals surface area (Å²) in [5, 5.41) is 0. The number of hydrogen-bond acceptors (Lipinski definition) is 3. The molecule has 22 heavy (non-hydrogen) atoms. The van der Waals surface area contributed by atoms with Crippen LogP contribution in [0.2, 0.25) is 0 Å². The molecule has 0 unspecified atom stereocenters. The molecule has 0 N–H and O–H groups in total. The Morgan fingerprint density at radius 2 is 2.00 bits per heavy atom. The molecule has 2 aromatic rings. The smallest absolute Gasteiger partial charge is 0.219 e. The molecule has 1 aliphatic rings. The number of nitrogens with zero attached hydrogens (tertiary/aromatic N) is 3. The number of carbonyl (C=O) groups is 1. The van der Waals surface area contributed by atoms with Gasteiger partial charge in [0, 0.05) is 44.7 Å². The molecule has 1 aliphatic heterocycles. The SMILES string of the molecule is CC(=O)N1CCC[C@@H](c2nccnc2Cc2ccccc2)C1. The van der Waals surface area contributed by atoms with E-state index in [2.05, 4.69) is 22.1 Å². The topological polar surface area (TPSA) is 46.1 Å². The first kappa shape index (κ1) is 14.7. The van der Waals surface area contributed by atoms with Gasteiger partial charge >= 0.3 is 0 Å². The van der Waals surface area contributed by atoms with Gasteiger partial charge in [0.15, 0.2) is 0 Å². The maximum absolute atomic E-state index is 11.6. The highest BCUT2D eigenvalue weighted by molar-refractivity contribution is 5.73. The minimum Gasteiger partial charge on any atom is -0.342 e. The minimum atomic E-state index is 0.151. The van der Waals surface area contributed by atoms with Gasteiger partial charge in [0.05, 0.1) is 11.4 Å². The van der Waals surface area contributed by atoms with Crippen molar-refractivity contribution >= 4 is 5.91 Å². The van der Waals surface area contributed by atoms with Crippen molar-refractivity contribution in [1.29, 1.82) is 0 Å². The van der Waals surface area contributed by atoms with E-state index in [1.54, 1.807) is 19.3 Å². The fraction of sp³-hybridized carbons (Fsp3) is 0.389. The fourth-order valence-corrected chi connectivity index (χ4v) is 3.13. The van der Waals surface area contributed by atoms with E-state index in [0.717, 1.165) is 43.7 Å². The molecule has 1 fully saturated rings. The van der Waals surface area contributed by atoms with Gasteiger partial charge in [0.25, 0.3) is 0 Å². The molecule has 1 aromatic heterocycles. The van der Waals surface area contributed by atoms with Crippen LogP contribution in [0, 0.1) is 0 Å². The molecule has 4 heteroatoms. The van der Waals surface area contributed by atoms with Crippen LogP contribution < -0.4 is 0 Å². The van der Waals surface area contributed by atoms with E-state index < -0.39 is 0 Å². The monoisotopic (exact) mass is 295 g/mol. The number of hydrogen-bond donors (Lipinski definition) is 0. The largest absolute Gasteiger partial charge is 0.342 e. The van der Waals surface area contributed by atoms with Crippen LogP contribution in [0.3, 0.4) is 0 Å². The number of aromatic nitrogens is 2. The van der Waals surface area contributed by atoms with E-state index in [1.807, 2.05) is 23.1 Å². The lowest BCUT2D eigenvalue weighted by Crippen LogP contribution is -2.38. The zero-order valence-corrected chi connectivity index (χ0v) is 12.9. The lowest BCUT2D eigenvalue weighted by Gasteiger charge is -2.32. The first-order valence-corrected chi connectivity index (χ1v) is 7.83. The summed E-state index contributed by atoms with van der Waals surface area (Å²) in [6.45, 7) is 3.26. The van der Waals surface area contributed by atoms with Crippen molar-refractivity contribution in [3.8, 4) is 0 Å². The molecule has 114 valence electrons. The Hall–Kier alpha value is -2.23. The van der Waals surface area contributed by atoms with Crippen LogP contribution in [-0.2, 0) is 11.2 Å². The van der Waals surface area contributed by atoms with Gasteiger partial charge in [-0.1, -0.05) is 30.3 Å². The normalized spacial score (nSPS) is 18.2.